The van der Waals surface area contributed by atoms with Crippen LogP contribution in [0.2, 0.25) is 0 Å². The Morgan fingerprint density at radius 2 is 1.82 bits per heavy atom. The fraction of sp³-hybridized carbons (Fsp3) is 0.190. The second kappa shape index (κ2) is 7.90. The maximum atomic E-state index is 12.5. The second-order valence-corrected chi connectivity index (χ2v) is 6.92. The van der Waals surface area contributed by atoms with E-state index >= 15 is 0 Å². The third-order valence-corrected chi connectivity index (χ3v) is 4.74. The van der Waals surface area contributed by atoms with Gasteiger partial charge in [-0.25, -0.2) is 4.79 Å². The monoisotopic (exact) mass is 397 g/mol. The molecule has 0 radical (unpaired) electrons. The van der Waals surface area contributed by atoms with Crippen molar-refractivity contribution in [1.82, 2.24) is 5.32 Å². The Hall–Kier alpha value is -3.06. The summed E-state index contributed by atoms with van der Waals surface area (Å²) in [7, 11) is 0. The molecule has 1 heterocycles. The summed E-state index contributed by atoms with van der Waals surface area (Å²) < 4.78 is 5.94. The molecule has 1 unspecified atom stereocenters. The molecule has 0 aliphatic heterocycles. The van der Waals surface area contributed by atoms with Gasteiger partial charge in [0.05, 0.1) is 5.39 Å². The van der Waals surface area contributed by atoms with Crippen molar-refractivity contribution < 1.29 is 19.1 Å². The molecule has 0 saturated carbocycles. The summed E-state index contributed by atoms with van der Waals surface area (Å²) in [6, 6.07) is 10.5. The van der Waals surface area contributed by atoms with E-state index in [2.05, 4.69) is 17.9 Å². The van der Waals surface area contributed by atoms with Gasteiger partial charge in [-0.3, -0.25) is 9.59 Å². The van der Waals surface area contributed by atoms with Crippen LogP contribution in [0.1, 0.15) is 21.5 Å². The molecule has 1 amide bonds. The van der Waals surface area contributed by atoms with Crippen molar-refractivity contribution in [3.05, 3.63) is 69.4 Å². The Kier molecular flexibility index (Phi) is 5.56. The lowest BCUT2D eigenvalue weighted by Gasteiger charge is -2.12. The van der Waals surface area contributed by atoms with E-state index in [4.69, 9.17) is 9.52 Å². The molecule has 3 rings (SSSR count). The summed E-state index contributed by atoms with van der Waals surface area (Å²) in [6.07, 6.45) is 0. The lowest BCUT2D eigenvalue weighted by molar-refractivity contribution is -0.138. The van der Waals surface area contributed by atoms with E-state index in [9.17, 15) is 14.4 Å². The number of aryl methyl sites for hydroxylation is 2. The number of carbonyl (C=O) groups excluding carboxylic acids is 1. The summed E-state index contributed by atoms with van der Waals surface area (Å²) in [5.74, 6) is -1.28. The molecule has 6 nitrogen and oxygen atoms in total. The van der Waals surface area contributed by atoms with Crippen LogP contribution in [0.15, 0.2) is 51.7 Å². The van der Waals surface area contributed by atoms with Gasteiger partial charge in [0, 0.05) is 22.9 Å². The van der Waals surface area contributed by atoms with Crippen LogP contribution >= 0.6 is 12.6 Å². The lowest BCUT2D eigenvalue weighted by atomic mass is 10.1. The van der Waals surface area contributed by atoms with Crippen molar-refractivity contribution in [2.24, 2.45) is 0 Å². The molecule has 1 aromatic heterocycles. The first kappa shape index (κ1) is 19.7. The van der Waals surface area contributed by atoms with E-state index < -0.39 is 17.9 Å². The second-order valence-electron chi connectivity index (χ2n) is 6.56. The van der Waals surface area contributed by atoms with Crippen molar-refractivity contribution in [3.8, 4) is 11.3 Å². The highest BCUT2D eigenvalue weighted by Crippen LogP contribution is 2.25. The highest BCUT2D eigenvalue weighted by atomic mass is 32.1. The van der Waals surface area contributed by atoms with Crippen LogP contribution in [0, 0.1) is 13.8 Å². The van der Waals surface area contributed by atoms with Gasteiger partial charge in [0.2, 0.25) is 0 Å². The van der Waals surface area contributed by atoms with E-state index in [-0.39, 0.29) is 11.2 Å². The minimum Gasteiger partial charge on any atom is -0.480 e. The third-order valence-electron chi connectivity index (χ3n) is 4.38. The van der Waals surface area contributed by atoms with Gasteiger partial charge in [0.15, 0.2) is 5.43 Å². The van der Waals surface area contributed by atoms with Gasteiger partial charge in [-0.05, 0) is 43.2 Å². The first-order valence-corrected chi connectivity index (χ1v) is 9.23. The number of nitrogens with one attached hydrogen (secondary N) is 1. The molecule has 0 aliphatic rings. The molecule has 0 aliphatic carbocycles. The lowest BCUT2D eigenvalue weighted by Crippen LogP contribution is -2.42. The maximum Gasteiger partial charge on any atom is 0.327 e. The fourth-order valence-electron chi connectivity index (χ4n) is 2.96. The predicted molar refractivity (Wildman–Crippen MR) is 110 cm³/mol. The first-order chi connectivity index (χ1) is 13.3. The Morgan fingerprint density at radius 1 is 1.14 bits per heavy atom. The molecular weight excluding hydrogens is 378 g/mol. The molecule has 2 N–H and O–H groups in total. The van der Waals surface area contributed by atoms with Gasteiger partial charge < -0.3 is 14.8 Å². The van der Waals surface area contributed by atoms with Crippen molar-refractivity contribution >= 4 is 35.5 Å². The number of hydrogen-bond acceptors (Lipinski definition) is 5. The van der Waals surface area contributed by atoms with Gasteiger partial charge in [-0.1, -0.05) is 18.2 Å². The maximum absolute atomic E-state index is 12.5. The zero-order valence-corrected chi connectivity index (χ0v) is 16.2. The number of carboxylic acid groups (broad SMARTS) is 1. The minimum atomic E-state index is -1.15. The summed E-state index contributed by atoms with van der Waals surface area (Å²) in [6.45, 7) is 3.81. The van der Waals surface area contributed by atoms with Crippen molar-refractivity contribution in [2.75, 3.05) is 5.75 Å². The molecule has 2 aromatic carbocycles. The molecule has 0 spiro atoms. The molecular formula is C21H19NO5S. The Labute approximate surface area is 166 Å². The number of carboxylic acids is 1. The highest BCUT2D eigenvalue weighted by Gasteiger charge is 2.19. The van der Waals surface area contributed by atoms with Crippen molar-refractivity contribution in [1.29, 1.82) is 0 Å². The van der Waals surface area contributed by atoms with Gasteiger partial charge in [0.25, 0.3) is 5.91 Å². The number of thiol groups is 1. The standard InChI is InChI=1S/C21H19NO5S/c1-11-7-12(2)19-15(8-11)17(23)9-18(27-19)13-3-5-14(6-4-13)20(24)22-16(10-28)21(25)26/h3-9,16,28H,10H2,1-2H3,(H,22,24)(H,25,26). The highest BCUT2D eigenvalue weighted by molar-refractivity contribution is 7.80. The molecule has 3 aromatic rings. The third kappa shape index (κ3) is 3.94. The number of hydrogen-bond donors (Lipinski definition) is 3. The number of amides is 1. The summed E-state index contributed by atoms with van der Waals surface area (Å²) in [5, 5.41) is 11.9. The Balaban J connectivity index is 1.92. The predicted octanol–water partition coefficient (Wildman–Crippen LogP) is 3.19. The number of carbonyl (C=O) groups is 2. The Bertz CT molecular complexity index is 1120. The first-order valence-electron chi connectivity index (χ1n) is 8.60. The molecule has 0 bridgehead atoms. The largest absolute Gasteiger partial charge is 0.480 e. The zero-order chi connectivity index (χ0) is 20.4. The van der Waals surface area contributed by atoms with Crippen LogP contribution in [-0.4, -0.2) is 28.8 Å². The summed E-state index contributed by atoms with van der Waals surface area (Å²) in [4.78, 5) is 35.7. The van der Waals surface area contributed by atoms with Crippen LogP contribution in [0.5, 0.6) is 0 Å². The molecule has 7 heteroatoms. The van der Waals surface area contributed by atoms with Gasteiger partial charge in [-0.15, -0.1) is 0 Å². The number of benzene rings is 2. The van der Waals surface area contributed by atoms with Crippen molar-refractivity contribution in [2.45, 2.75) is 19.9 Å². The van der Waals surface area contributed by atoms with Gasteiger partial charge in [-0.2, -0.15) is 12.6 Å². The van der Waals surface area contributed by atoms with Gasteiger partial charge in [0.1, 0.15) is 17.4 Å². The minimum absolute atomic E-state index is 0.0137. The topological polar surface area (TPSA) is 96.6 Å². The van der Waals surface area contributed by atoms with Crippen molar-refractivity contribution in [3.63, 3.8) is 0 Å². The van der Waals surface area contributed by atoms with E-state index in [1.807, 2.05) is 19.9 Å². The van der Waals surface area contributed by atoms with E-state index in [1.165, 1.54) is 6.07 Å². The Morgan fingerprint density at radius 3 is 2.43 bits per heavy atom. The normalized spacial score (nSPS) is 12.0. The van der Waals surface area contributed by atoms with Crippen LogP contribution in [0.25, 0.3) is 22.3 Å². The smallest absolute Gasteiger partial charge is 0.327 e. The molecule has 0 saturated heterocycles. The zero-order valence-electron chi connectivity index (χ0n) is 15.4. The van der Waals surface area contributed by atoms with Crippen LogP contribution < -0.4 is 10.7 Å². The summed E-state index contributed by atoms with van der Waals surface area (Å²) >= 11 is 3.92. The molecule has 144 valence electrons. The van der Waals surface area contributed by atoms with E-state index in [0.29, 0.717) is 27.9 Å². The van der Waals surface area contributed by atoms with E-state index in [0.717, 1.165) is 11.1 Å². The molecule has 1 atom stereocenters. The average Bonchev–Trinajstić information content (AvgIpc) is 2.66. The van der Waals surface area contributed by atoms with E-state index in [1.54, 1.807) is 30.3 Å². The van der Waals surface area contributed by atoms with Crippen LogP contribution in [0.4, 0.5) is 0 Å². The quantitative estimate of drug-likeness (QED) is 0.575. The number of rotatable bonds is 5. The molecule has 0 fully saturated rings. The fourth-order valence-corrected chi connectivity index (χ4v) is 3.21. The number of aliphatic carboxylic acids is 1. The average molecular weight is 397 g/mol. The molecule has 28 heavy (non-hydrogen) atoms. The van der Waals surface area contributed by atoms with Gasteiger partial charge >= 0.3 is 5.97 Å². The van der Waals surface area contributed by atoms with Crippen LogP contribution in [0.3, 0.4) is 0 Å². The number of fused-ring (bicyclic) bond motifs is 1. The SMILES string of the molecule is Cc1cc(C)c2oc(-c3ccc(C(=O)NC(CS)C(=O)O)cc3)cc(=O)c2c1. The van der Waals surface area contributed by atoms with Crippen LogP contribution in [-0.2, 0) is 4.79 Å². The summed E-state index contributed by atoms with van der Waals surface area (Å²) in [5.41, 5.74) is 3.19.